The third-order valence-electron chi connectivity index (χ3n) is 1.69. The van der Waals surface area contributed by atoms with Crippen LogP contribution in [0.3, 0.4) is 0 Å². The summed E-state index contributed by atoms with van der Waals surface area (Å²) < 4.78 is 18.4. The van der Waals surface area contributed by atoms with Gasteiger partial charge in [-0.2, -0.15) is 4.39 Å². The first-order valence-corrected chi connectivity index (χ1v) is 4.34. The third kappa shape index (κ3) is 1.37. The molecule has 1 aromatic carbocycles. The number of rotatable bonds is 0. The van der Waals surface area contributed by atoms with Gasteiger partial charge in [-0.15, -0.1) is 0 Å². The van der Waals surface area contributed by atoms with Crippen molar-refractivity contribution in [2.45, 2.75) is 0 Å². The van der Waals surface area contributed by atoms with Crippen molar-refractivity contribution >= 4 is 26.9 Å². The Morgan fingerprint density at radius 1 is 1.38 bits per heavy atom. The molecule has 0 fully saturated rings. The molecule has 0 atom stereocenters. The van der Waals surface area contributed by atoms with Gasteiger partial charge in [0.2, 0.25) is 11.2 Å². The molecule has 0 aliphatic rings. The number of hydrogen-bond donors (Lipinski definition) is 0. The lowest BCUT2D eigenvalue weighted by atomic mass is 10.2. The van der Waals surface area contributed by atoms with Gasteiger partial charge in [-0.25, -0.2) is 0 Å². The van der Waals surface area contributed by atoms with Gasteiger partial charge < -0.3 is 4.42 Å². The first kappa shape index (κ1) is 8.44. The summed E-state index contributed by atoms with van der Waals surface area (Å²) in [6.45, 7) is 0. The summed E-state index contributed by atoms with van der Waals surface area (Å²) >= 11 is 3.19. The van der Waals surface area contributed by atoms with Crippen LogP contribution in [0.2, 0.25) is 0 Å². The maximum absolute atomic E-state index is 12.8. The summed E-state index contributed by atoms with van der Waals surface area (Å²) in [6, 6.07) is 4.87. The average molecular weight is 243 g/mol. The summed E-state index contributed by atoms with van der Waals surface area (Å²) in [5, 5.41) is 0.245. The predicted molar refractivity (Wildman–Crippen MR) is 50.1 cm³/mol. The summed E-state index contributed by atoms with van der Waals surface area (Å²) in [4.78, 5) is 11.2. The number of benzene rings is 1. The molecular weight excluding hydrogens is 239 g/mol. The highest BCUT2D eigenvalue weighted by Crippen LogP contribution is 2.16. The van der Waals surface area contributed by atoms with E-state index in [1.54, 1.807) is 12.1 Å². The van der Waals surface area contributed by atoms with Crippen molar-refractivity contribution in [1.29, 1.82) is 0 Å². The van der Waals surface area contributed by atoms with E-state index in [9.17, 15) is 9.18 Å². The lowest BCUT2D eigenvalue weighted by Gasteiger charge is -1.96. The Bertz CT molecular complexity index is 513. The molecule has 13 heavy (non-hydrogen) atoms. The van der Waals surface area contributed by atoms with E-state index in [1.807, 2.05) is 0 Å². The molecule has 2 rings (SSSR count). The second kappa shape index (κ2) is 2.96. The highest BCUT2D eigenvalue weighted by atomic mass is 79.9. The minimum atomic E-state index is -0.870. The van der Waals surface area contributed by atoms with E-state index >= 15 is 0 Å². The third-order valence-corrected chi connectivity index (χ3v) is 2.19. The van der Waals surface area contributed by atoms with Crippen LogP contribution in [0, 0.1) is 5.82 Å². The van der Waals surface area contributed by atoms with E-state index in [-0.39, 0.29) is 5.39 Å². The largest absolute Gasteiger partial charge is 0.461 e. The van der Waals surface area contributed by atoms with Gasteiger partial charge in [0.05, 0.1) is 5.39 Å². The van der Waals surface area contributed by atoms with E-state index in [4.69, 9.17) is 4.42 Å². The molecule has 0 spiro atoms. The molecule has 1 aromatic heterocycles. The van der Waals surface area contributed by atoms with Crippen molar-refractivity contribution in [1.82, 2.24) is 0 Å². The van der Waals surface area contributed by atoms with Gasteiger partial charge in [0.25, 0.3) is 0 Å². The summed E-state index contributed by atoms with van der Waals surface area (Å²) in [6.07, 6.45) is 0.818. The molecule has 0 bridgehead atoms. The van der Waals surface area contributed by atoms with Gasteiger partial charge in [0, 0.05) is 4.47 Å². The highest BCUT2D eigenvalue weighted by molar-refractivity contribution is 9.10. The van der Waals surface area contributed by atoms with Crippen LogP contribution in [-0.4, -0.2) is 0 Å². The van der Waals surface area contributed by atoms with E-state index in [2.05, 4.69) is 15.9 Å². The van der Waals surface area contributed by atoms with Gasteiger partial charge in [0.1, 0.15) is 11.8 Å². The molecule has 0 N–H and O–H groups in total. The lowest BCUT2D eigenvalue weighted by molar-refractivity contribution is 0.520. The Labute approximate surface area is 81.1 Å². The quantitative estimate of drug-likeness (QED) is 0.712. The molecule has 0 saturated carbocycles. The zero-order valence-corrected chi connectivity index (χ0v) is 7.97. The zero-order valence-electron chi connectivity index (χ0n) is 6.38. The highest BCUT2D eigenvalue weighted by Gasteiger charge is 2.05. The minimum absolute atomic E-state index is 0.245. The van der Waals surface area contributed by atoms with Crippen LogP contribution in [0.4, 0.5) is 4.39 Å². The van der Waals surface area contributed by atoms with Gasteiger partial charge in [-0.3, -0.25) is 4.79 Å². The van der Waals surface area contributed by atoms with E-state index in [0.29, 0.717) is 5.58 Å². The average Bonchev–Trinajstić information content (AvgIpc) is 2.12. The predicted octanol–water partition coefficient (Wildman–Crippen LogP) is 2.69. The maximum Gasteiger partial charge on any atom is 0.228 e. The first-order chi connectivity index (χ1) is 6.18. The second-order valence-electron chi connectivity index (χ2n) is 2.55. The lowest BCUT2D eigenvalue weighted by Crippen LogP contribution is -2.05. The van der Waals surface area contributed by atoms with Crippen LogP contribution in [-0.2, 0) is 0 Å². The fraction of sp³-hybridized carbons (Fsp3) is 0. The van der Waals surface area contributed by atoms with Crippen LogP contribution >= 0.6 is 15.9 Å². The van der Waals surface area contributed by atoms with Crippen LogP contribution in [0.15, 0.2) is 38.1 Å². The molecule has 0 aliphatic carbocycles. The molecule has 0 radical (unpaired) electrons. The van der Waals surface area contributed by atoms with E-state index in [1.165, 1.54) is 6.07 Å². The molecule has 66 valence electrons. The molecule has 4 heteroatoms. The zero-order chi connectivity index (χ0) is 9.42. The number of fused-ring (bicyclic) bond motifs is 1. The molecule has 0 aliphatic heterocycles. The van der Waals surface area contributed by atoms with Crippen molar-refractivity contribution in [2.75, 3.05) is 0 Å². The summed E-state index contributed by atoms with van der Waals surface area (Å²) in [7, 11) is 0. The number of hydrogen-bond acceptors (Lipinski definition) is 2. The van der Waals surface area contributed by atoms with Crippen molar-refractivity contribution < 1.29 is 8.81 Å². The van der Waals surface area contributed by atoms with Crippen molar-refractivity contribution in [3.05, 3.63) is 45.0 Å². The minimum Gasteiger partial charge on any atom is -0.461 e. The van der Waals surface area contributed by atoms with Gasteiger partial charge in [0.15, 0.2) is 0 Å². The van der Waals surface area contributed by atoms with Crippen molar-refractivity contribution in [2.24, 2.45) is 0 Å². The van der Waals surface area contributed by atoms with E-state index < -0.39 is 11.2 Å². The van der Waals surface area contributed by atoms with Gasteiger partial charge >= 0.3 is 0 Å². The molecule has 1 heterocycles. The van der Waals surface area contributed by atoms with Crippen LogP contribution in [0.5, 0.6) is 0 Å². The smallest absolute Gasteiger partial charge is 0.228 e. The Morgan fingerprint density at radius 3 is 2.92 bits per heavy atom. The van der Waals surface area contributed by atoms with Crippen LogP contribution in [0.1, 0.15) is 0 Å². The van der Waals surface area contributed by atoms with Crippen LogP contribution < -0.4 is 5.43 Å². The molecule has 0 unspecified atom stereocenters. The molecule has 2 aromatic rings. The normalized spacial score (nSPS) is 10.6. The molecule has 0 amide bonds. The summed E-state index contributed by atoms with van der Waals surface area (Å²) in [5.74, 6) is -0.870. The standard InChI is InChI=1S/C9H4BrFO2/c10-5-1-2-8-6(3-5)9(12)7(11)4-13-8/h1-4H. The Morgan fingerprint density at radius 2 is 2.15 bits per heavy atom. The van der Waals surface area contributed by atoms with Crippen molar-refractivity contribution in [3.8, 4) is 0 Å². The van der Waals surface area contributed by atoms with Gasteiger partial charge in [-0.05, 0) is 18.2 Å². The Balaban J connectivity index is 2.97. The Kier molecular flexibility index (Phi) is 1.92. The topological polar surface area (TPSA) is 30.2 Å². The fourth-order valence-corrected chi connectivity index (χ4v) is 1.44. The van der Waals surface area contributed by atoms with Gasteiger partial charge in [-0.1, -0.05) is 15.9 Å². The molecule has 0 saturated heterocycles. The fourth-order valence-electron chi connectivity index (χ4n) is 1.08. The summed E-state index contributed by atoms with van der Waals surface area (Å²) in [5.41, 5.74) is -0.253. The monoisotopic (exact) mass is 242 g/mol. The maximum atomic E-state index is 12.8. The number of halogens is 2. The molecule has 2 nitrogen and oxygen atoms in total. The second-order valence-corrected chi connectivity index (χ2v) is 3.47. The SMILES string of the molecule is O=c1c(F)coc2ccc(Br)cc12. The molecular formula is C9H4BrFO2. The first-order valence-electron chi connectivity index (χ1n) is 3.55. The van der Waals surface area contributed by atoms with Crippen molar-refractivity contribution in [3.63, 3.8) is 0 Å². The Hall–Kier alpha value is -1.16. The van der Waals surface area contributed by atoms with E-state index in [0.717, 1.165) is 10.7 Å². The van der Waals surface area contributed by atoms with Crippen LogP contribution in [0.25, 0.3) is 11.0 Å².